The van der Waals surface area contributed by atoms with Crippen molar-refractivity contribution in [2.45, 2.75) is 19.4 Å². The summed E-state index contributed by atoms with van der Waals surface area (Å²) in [5, 5.41) is 0. The van der Waals surface area contributed by atoms with Crippen LogP contribution in [0.3, 0.4) is 0 Å². The second kappa shape index (κ2) is 7.84. The number of carbonyl (C=O) groups is 3. The largest absolute Gasteiger partial charge is 0.328 e. The molecule has 6 heteroatoms. The van der Waals surface area contributed by atoms with Crippen molar-refractivity contribution in [3.05, 3.63) is 68.6 Å². The maximum atomic E-state index is 12.6. The van der Waals surface area contributed by atoms with Crippen LogP contribution in [0.5, 0.6) is 0 Å². The van der Waals surface area contributed by atoms with E-state index in [2.05, 4.69) is 31.9 Å². The Hall–Kier alpha value is -1.79. The van der Waals surface area contributed by atoms with Crippen LogP contribution in [-0.2, 0) is 20.8 Å². The van der Waals surface area contributed by atoms with Crippen molar-refractivity contribution in [3.8, 4) is 0 Å². The average molecular weight is 479 g/mol. The number of likely N-dealkylation sites (tertiary alicyclic amines) is 1. The lowest BCUT2D eigenvalue weighted by molar-refractivity contribution is -0.142. The first kappa shape index (κ1) is 19.0. The predicted molar refractivity (Wildman–Crippen MR) is 106 cm³/mol. The monoisotopic (exact) mass is 477 g/mol. The number of halogens is 2. The van der Waals surface area contributed by atoms with Gasteiger partial charge in [-0.15, -0.1) is 0 Å². The highest BCUT2D eigenvalue weighted by Crippen LogP contribution is 2.39. The van der Waals surface area contributed by atoms with Gasteiger partial charge in [0, 0.05) is 15.5 Å². The Morgan fingerprint density at radius 3 is 2.35 bits per heavy atom. The summed E-state index contributed by atoms with van der Waals surface area (Å²) in [6, 6.07) is 14.7. The van der Waals surface area contributed by atoms with Crippen LogP contribution in [0.2, 0.25) is 0 Å². The van der Waals surface area contributed by atoms with Crippen molar-refractivity contribution in [1.29, 1.82) is 0 Å². The highest BCUT2D eigenvalue weighted by Gasteiger charge is 2.50. The number of hydrogen-bond acceptors (Lipinski definition) is 3. The lowest BCUT2D eigenvalue weighted by Crippen LogP contribution is -2.32. The fourth-order valence-electron chi connectivity index (χ4n) is 3.33. The molecule has 2 unspecified atom stereocenters. The van der Waals surface area contributed by atoms with Crippen molar-refractivity contribution >= 4 is 49.3 Å². The highest BCUT2D eigenvalue weighted by molar-refractivity contribution is 9.13. The van der Waals surface area contributed by atoms with Gasteiger partial charge in [-0.1, -0.05) is 36.4 Å². The van der Waals surface area contributed by atoms with Crippen LogP contribution in [0, 0.1) is 5.92 Å². The van der Waals surface area contributed by atoms with Gasteiger partial charge in [0.1, 0.15) is 11.7 Å². The molecule has 1 amide bonds. The number of ketones is 2. The van der Waals surface area contributed by atoms with Crippen molar-refractivity contribution in [1.82, 2.24) is 4.90 Å². The van der Waals surface area contributed by atoms with Gasteiger partial charge in [-0.25, -0.2) is 0 Å². The molecule has 0 saturated carbocycles. The normalized spacial score (nSPS) is 19.9. The number of carbonyl (C=O) groups excluding carboxylic acids is 3. The lowest BCUT2D eigenvalue weighted by Gasteiger charge is -2.27. The second-order valence-electron chi connectivity index (χ2n) is 6.31. The van der Waals surface area contributed by atoms with Crippen molar-refractivity contribution in [2.75, 3.05) is 6.54 Å². The fraction of sp³-hybridized carbons (Fsp3) is 0.250. The van der Waals surface area contributed by atoms with Gasteiger partial charge in [0.15, 0.2) is 0 Å². The number of Topliss-reactive ketones (excluding diaryl/α,β-unsaturated/α-hetero) is 2. The molecule has 0 spiro atoms. The minimum atomic E-state index is -0.952. The molecule has 0 N–H and O–H groups in total. The SMILES string of the molecule is CC(=O)C1C(=O)C(=O)N(CCc2ccccc2)C1c1ccc(Br)c(Br)c1. The van der Waals surface area contributed by atoms with E-state index in [4.69, 9.17) is 0 Å². The Morgan fingerprint density at radius 1 is 1.04 bits per heavy atom. The van der Waals surface area contributed by atoms with Crippen molar-refractivity contribution in [2.24, 2.45) is 5.92 Å². The van der Waals surface area contributed by atoms with Gasteiger partial charge in [0.2, 0.25) is 5.78 Å². The van der Waals surface area contributed by atoms with Gasteiger partial charge in [-0.3, -0.25) is 14.4 Å². The molecule has 3 rings (SSSR count). The zero-order valence-corrected chi connectivity index (χ0v) is 17.3. The van der Waals surface area contributed by atoms with E-state index in [1.807, 2.05) is 48.5 Å². The average Bonchev–Trinajstić information content (AvgIpc) is 2.88. The van der Waals surface area contributed by atoms with Crippen LogP contribution >= 0.6 is 31.9 Å². The lowest BCUT2D eigenvalue weighted by atomic mass is 9.90. The Labute approximate surface area is 168 Å². The molecule has 2 aromatic rings. The van der Waals surface area contributed by atoms with E-state index >= 15 is 0 Å². The van der Waals surface area contributed by atoms with E-state index in [-0.39, 0.29) is 5.78 Å². The number of rotatable bonds is 5. The molecule has 4 nitrogen and oxygen atoms in total. The number of amides is 1. The molecule has 26 heavy (non-hydrogen) atoms. The molecule has 2 aromatic carbocycles. The summed E-state index contributed by atoms with van der Waals surface area (Å²) < 4.78 is 1.68. The topological polar surface area (TPSA) is 54.5 Å². The Bertz CT molecular complexity index is 867. The molecule has 0 aliphatic carbocycles. The first-order valence-corrected chi connectivity index (χ1v) is 9.83. The minimum Gasteiger partial charge on any atom is -0.328 e. The van der Waals surface area contributed by atoms with Crippen molar-refractivity contribution < 1.29 is 14.4 Å². The Balaban J connectivity index is 1.95. The standard InChI is InChI=1S/C20H17Br2NO3/c1-12(24)17-18(14-7-8-15(21)16(22)11-14)23(20(26)19(17)25)10-9-13-5-3-2-4-6-13/h2-8,11,17-18H,9-10H2,1H3. The first-order chi connectivity index (χ1) is 12.4. The predicted octanol–water partition coefficient (Wildman–Crippen LogP) is 4.11. The van der Waals surface area contributed by atoms with E-state index < -0.39 is 23.7 Å². The van der Waals surface area contributed by atoms with Crippen LogP contribution in [0.15, 0.2) is 57.5 Å². The minimum absolute atomic E-state index is 0.283. The molecular weight excluding hydrogens is 462 g/mol. The van der Waals surface area contributed by atoms with E-state index in [1.54, 1.807) is 0 Å². The number of benzene rings is 2. The third kappa shape index (κ3) is 3.67. The molecule has 0 radical (unpaired) electrons. The number of hydrogen-bond donors (Lipinski definition) is 0. The van der Waals surface area contributed by atoms with Crippen molar-refractivity contribution in [3.63, 3.8) is 0 Å². The Morgan fingerprint density at radius 2 is 1.73 bits per heavy atom. The maximum absolute atomic E-state index is 12.6. The second-order valence-corrected chi connectivity index (χ2v) is 8.01. The molecule has 1 heterocycles. The molecule has 1 saturated heterocycles. The first-order valence-electron chi connectivity index (χ1n) is 8.24. The van der Waals surface area contributed by atoms with Gasteiger partial charge in [0.25, 0.3) is 5.91 Å². The number of nitrogens with zero attached hydrogens (tertiary/aromatic N) is 1. The molecule has 0 aromatic heterocycles. The molecule has 134 valence electrons. The zero-order valence-electron chi connectivity index (χ0n) is 14.1. The summed E-state index contributed by atoms with van der Waals surface area (Å²) >= 11 is 6.88. The summed E-state index contributed by atoms with van der Waals surface area (Å²) in [7, 11) is 0. The summed E-state index contributed by atoms with van der Waals surface area (Å²) in [6.07, 6.45) is 0.624. The zero-order chi connectivity index (χ0) is 18.8. The van der Waals surface area contributed by atoms with E-state index in [1.165, 1.54) is 11.8 Å². The van der Waals surface area contributed by atoms with E-state index in [0.717, 1.165) is 20.1 Å². The van der Waals surface area contributed by atoms with Gasteiger partial charge < -0.3 is 4.90 Å². The van der Waals surface area contributed by atoms with Gasteiger partial charge in [0.05, 0.1) is 6.04 Å². The quantitative estimate of drug-likeness (QED) is 0.480. The highest BCUT2D eigenvalue weighted by atomic mass is 79.9. The van der Waals surface area contributed by atoms with Crippen LogP contribution in [0.25, 0.3) is 0 Å². The summed E-state index contributed by atoms with van der Waals surface area (Å²) in [5.74, 6) is -2.43. The summed E-state index contributed by atoms with van der Waals surface area (Å²) in [6.45, 7) is 1.76. The van der Waals surface area contributed by atoms with E-state index in [0.29, 0.717) is 13.0 Å². The summed E-state index contributed by atoms with van der Waals surface area (Å²) in [5.41, 5.74) is 1.85. The van der Waals surface area contributed by atoms with Crippen LogP contribution in [-0.4, -0.2) is 28.9 Å². The fourth-order valence-corrected chi connectivity index (χ4v) is 3.98. The van der Waals surface area contributed by atoms with Gasteiger partial charge >= 0.3 is 0 Å². The van der Waals surface area contributed by atoms with Gasteiger partial charge in [-0.2, -0.15) is 0 Å². The van der Waals surface area contributed by atoms with Crippen LogP contribution < -0.4 is 0 Å². The molecular formula is C20H17Br2NO3. The smallest absolute Gasteiger partial charge is 0.291 e. The maximum Gasteiger partial charge on any atom is 0.291 e. The third-order valence-corrected chi connectivity index (χ3v) is 6.49. The van der Waals surface area contributed by atoms with Gasteiger partial charge in [-0.05, 0) is 68.5 Å². The third-order valence-electron chi connectivity index (χ3n) is 4.61. The summed E-state index contributed by atoms with van der Waals surface area (Å²) in [4.78, 5) is 38.7. The molecule has 1 aliphatic heterocycles. The molecule has 1 aliphatic rings. The van der Waals surface area contributed by atoms with Crippen LogP contribution in [0.1, 0.15) is 24.1 Å². The molecule has 2 atom stereocenters. The molecule has 1 fully saturated rings. The molecule has 0 bridgehead atoms. The van der Waals surface area contributed by atoms with Crippen LogP contribution in [0.4, 0.5) is 0 Å². The van der Waals surface area contributed by atoms with E-state index in [9.17, 15) is 14.4 Å². The Kier molecular flexibility index (Phi) is 5.73.